The van der Waals surface area contributed by atoms with E-state index in [2.05, 4.69) is 5.32 Å². The molecule has 2 saturated heterocycles. The molecule has 0 saturated carbocycles. The monoisotopic (exact) mass is 316 g/mol. The van der Waals surface area contributed by atoms with Gasteiger partial charge in [-0.3, -0.25) is 4.79 Å². The lowest BCUT2D eigenvalue weighted by molar-refractivity contribution is -0.187. The van der Waals surface area contributed by atoms with Gasteiger partial charge in [-0.25, -0.2) is 0 Å². The molecule has 118 valence electrons. The summed E-state index contributed by atoms with van der Waals surface area (Å²) < 4.78 is 42.9. The Kier molecular flexibility index (Phi) is 6.54. The van der Waals surface area contributed by atoms with Gasteiger partial charge in [0.1, 0.15) is 0 Å². The summed E-state index contributed by atoms with van der Waals surface area (Å²) in [5.74, 6) is -1.62. The first kappa shape index (κ1) is 17.5. The quantitative estimate of drug-likeness (QED) is 0.796. The maximum absolute atomic E-state index is 12.5. The fourth-order valence-electron chi connectivity index (χ4n) is 2.55. The van der Waals surface area contributed by atoms with Gasteiger partial charge in [-0.15, -0.1) is 12.4 Å². The van der Waals surface area contributed by atoms with Gasteiger partial charge < -0.3 is 15.0 Å². The molecule has 2 heterocycles. The van der Waals surface area contributed by atoms with E-state index in [0.717, 1.165) is 0 Å². The summed E-state index contributed by atoms with van der Waals surface area (Å²) in [5, 5.41) is 3.10. The molecule has 0 aromatic heterocycles. The van der Waals surface area contributed by atoms with E-state index in [1.807, 2.05) is 0 Å². The number of carbonyl (C=O) groups excluding carboxylic acids is 1. The van der Waals surface area contributed by atoms with E-state index in [0.29, 0.717) is 26.3 Å². The van der Waals surface area contributed by atoms with Crippen LogP contribution in [-0.2, 0) is 9.53 Å². The topological polar surface area (TPSA) is 41.6 Å². The number of nitrogens with one attached hydrogen (secondary N) is 1. The molecule has 2 aliphatic rings. The van der Waals surface area contributed by atoms with Crippen molar-refractivity contribution in [2.75, 3.05) is 39.4 Å². The Balaban J connectivity index is 0.00000200. The van der Waals surface area contributed by atoms with E-state index in [4.69, 9.17) is 4.74 Å². The molecule has 20 heavy (non-hydrogen) atoms. The highest BCUT2D eigenvalue weighted by atomic mass is 35.5. The molecule has 2 aliphatic heterocycles. The van der Waals surface area contributed by atoms with Crippen LogP contribution >= 0.6 is 12.4 Å². The van der Waals surface area contributed by atoms with Gasteiger partial charge in [0.15, 0.2) is 0 Å². The van der Waals surface area contributed by atoms with Crippen molar-refractivity contribution < 1.29 is 22.7 Å². The number of halogens is 4. The van der Waals surface area contributed by atoms with Gasteiger partial charge in [-0.2, -0.15) is 13.2 Å². The first-order chi connectivity index (χ1) is 8.98. The van der Waals surface area contributed by atoms with Crippen molar-refractivity contribution in [3.8, 4) is 0 Å². The van der Waals surface area contributed by atoms with E-state index < -0.39 is 12.1 Å². The molecule has 0 spiro atoms. The summed E-state index contributed by atoms with van der Waals surface area (Å²) in [5.41, 5.74) is 0. The minimum absolute atomic E-state index is 0. The largest absolute Gasteiger partial charge is 0.391 e. The minimum atomic E-state index is -4.14. The second-order valence-corrected chi connectivity index (χ2v) is 5.12. The van der Waals surface area contributed by atoms with Gasteiger partial charge in [-0.1, -0.05) is 0 Å². The maximum Gasteiger partial charge on any atom is 0.391 e. The van der Waals surface area contributed by atoms with Gasteiger partial charge in [0.25, 0.3) is 0 Å². The number of carbonyl (C=O) groups is 1. The first-order valence-electron chi connectivity index (χ1n) is 6.62. The lowest BCUT2D eigenvalue weighted by Crippen LogP contribution is -2.46. The molecular weight excluding hydrogens is 297 g/mol. The summed E-state index contributed by atoms with van der Waals surface area (Å²) in [6.07, 6.45) is -4.12. The van der Waals surface area contributed by atoms with Gasteiger partial charge in [-0.05, 0) is 12.8 Å². The van der Waals surface area contributed by atoms with Crippen LogP contribution in [0.3, 0.4) is 0 Å². The molecule has 0 radical (unpaired) electrons. The van der Waals surface area contributed by atoms with Crippen molar-refractivity contribution in [2.45, 2.75) is 19.0 Å². The smallest absolute Gasteiger partial charge is 0.379 e. The third kappa shape index (κ3) is 4.49. The van der Waals surface area contributed by atoms with Crippen molar-refractivity contribution >= 4 is 18.3 Å². The number of rotatable bonds is 1. The molecule has 0 aromatic carbocycles. The highest BCUT2D eigenvalue weighted by Crippen LogP contribution is 2.34. The van der Waals surface area contributed by atoms with E-state index >= 15 is 0 Å². The molecule has 0 bridgehead atoms. The number of hydrogen-bond acceptors (Lipinski definition) is 3. The Morgan fingerprint density at radius 2 is 1.90 bits per heavy atom. The van der Waals surface area contributed by atoms with Gasteiger partial charge in [0.05, 0.1) is 25.0 Å². The molecule has 1 N–H and O–H groups in total. The summed E-state index contributed by atoms with van der Waals surface area (Å²) >= 11 is 0. The highest BCUT2D eigenvalue weighted by Gasteiger charge is 2.42. The highest BCUT2D eigenvalue weighted by molar-refractivity contribution is 5.85. The Morgan fingerprint density at radius 1 is 1.25 bits per heavy atom. The average molecular weight is 317 g/mol. The Hall–Kier alpha value is -0.530. The fourth-order valence-corrected chi connectivity index (χ4v) is 2.55. The Morgan fingerprint density at radius 3 is 2.50 bits per heavy atom. The third-order valence-electron chi connectivity index (χ3n) is 3.75. The van der Waals surface area contributed by atoms with Crippen LogP contribution in [0.5, 0.6) is 0 Å². The molecule has 2 rings (SSSR count). The van der Waals surface area contributed by atoms with Crippen LogP contribution in [0.1, 0.15) is 12.8 Å². The summed E-state index contributed by atoms with van der Waals surface area (Å²) in [6.45, 7) is 2.56. The number of ether oxygens (including phenoxy) is 1. The van der Waals surface area contributed by atoms with Gasteiger partial charge >= 0.3 is 6.18 Å². The van der Waals surface area contributed by atoms with Crippen LogP contribution < -0.4 is 5.32 Å². The van der Waals surface area contributed by atoms with Crippen LogP contribution in [0.4, 0.5) is 13.2 Å². The van der Waals surface area contributed by atoms with Gasteiger partial charge in [0, 0.05) is 26.2 Å². The third-order valence-corrected chi connectivity index (χ3v) is 3.75. The number of piperidine rings is 1. The molecule has 8 heteroatoms. The number of likely N-dealkylation sites (tertiary alicyclic amines) is 1. The second kappa shape index (κ2) is 7.47. The number of nitrogens with zero attached hydrogens (tertiary/aromatic N) is 1. The van der Waals surface area contributed by atoms with Crippen LogP contribution in [0, 0.1) is 11.8 Å². The minimum Gasteiger partial charge on any atom is -0.379 e. The zero-order valence-corrected chi connectivity index (χ0v) is 11.9. The van der Waals surface area contributed by atoms with Crippen molar-refractivity contribution in [3.63, 3.8) is 0 Å². The molecule has 0 aromatic rings. The van der Waals surface area contributed by atoms with Crippen LogP contribution in [0.15, 0.2) is 0 Å². The second-order valence-electron chi connectivity index (χ2n) is 5.12. The van der Waals surface area contributed by atoms with E-state index in [-0.39, 0.29) is 50.2 Å². The fraction of sp³-hybridized carbons (Fsp3) is 0.917. The van der Waals surface area contributed by atoms with Crippen molar-refractivity contribution in [2.24, 2.45) is 11.8 Å². The molecule has 4 nitrogen and oxygen atoms in total. The SMILES string of the molecule is Cl.O=C(C1CNCCOC1)N1CCC(C(F)(F)F)CC1. The Labute approximate surface area is 122 Å². The predicted octanol–water partition coefficient (Wildman–Crippen LogP) is 1.45. The van der Waals surface area contributed by atoms with E-state index in [1.54, 1.807) is 4.90 Å². The van der Waals surface area contributed by atoms with Crippen molar-refractivity contribution in [1.29, 1.82) is 0 Å². The van der Waals surface area contributed by atoms with E-state index in [9.17, 15) is 18.0 Å². The van der Waals surface area contributed by atoms with Crippen molar-refractivity contribution in [3.05, 3.63) is 0 Å². The maximum atomic E-state index is 12.5. The average Bonchev–Trinajstić information content (AvgIpc) is 2.66. The predicted molar refractivity (Wildman–Crippen MR) is 69.8 cm³/mol. The zero-order valence-electron chi connectivity index (χ0n) is 11.1. The normalized spacial score (nSPS) is 25.8. The summed E-state index contributed by atoms with van der Waals surface area (Å²) in [7, 11) is 0. The molecule has 1 unspecified atom stereocenters. The molecule has 2 fully saturated rings. The zero-order chi connectivity index (χ0) is 13.9. The molecule has 0 aliphatic carbocycles. The van der Waals surface area contributed by atoms with Gasteiger partial charge in [0.2, 0.25) is 5.91 Å². The number of amides is 1. The summed E-state index contributed by atoms with van der Waals surface area (Å²) in [6, 6.07) is 0. The summed E-state index contributed by atoms with van der Waals surface area (Å²) in [4.78, 5) is 13.7. The van der Waals surface area contributed by atoms with Crippen LogP contribution in [0.25, 0.3) is 0 Å². The van der Waals surface area contributed by atoms with Crippen LogP contribution in [0.2, 0.25) is 0 Å². The standard InChI is InChI=1S/C12H19F3N2O2.ClH/c13-12(14,15)10-1-4-17(5-2-10)11(18)9-7-16-3-6-19-8-9;/h9-10,16H,1-8H2;1H. The van der Waals surface area contributed by atoms with Crippen LogP contribution in [-0.4, -0.2) is 56.4 Å². The molecule has 1 amide bonds. The molecule has 1 atom stereocenters. The number of alkyl halides is 3. The first-order valence-corrected chi connectivity index (χ1v) is 6.62. The molecular formula is C12H20ClF3N2O2. The Bertz CT molecular complexity index is 312. The lowest BCUT2D eigenvalue weighted by Gasteiger charge is -2.34. The van der Waals surface area contributed by atoms with Crippen molar-refractivity contribution in [1.82, 2.24) is 10.2 Å². The van der Waals surface area contributed by atoms with E-state index in [1.165, 1.54) is 0 Å². The number of hydrogen-bond donors (Lipinski definition) is 1. The lowest BCUT2D eigenvalue weighted by atomic mass is 9.95.